The SMILES string of the molecule is COc1ccccc1[C@H]1C2=C(CCCC2=O)Nc2ccccc2N1Cc1ccc(Cl)cc1. The summed E-state index contributed by atoms with van der Waals surface area (Å²) in [5.74, 6) is 0.978. The predicted molar refractivity (Wildman–Crippen MR) is 129 cm³/mol. The minimum Gasteiger partial charge on any atom is -0.496 e. The van der Waals surface area contributed by atoms with Gasteiger partial charge in [0.2, 0.25) is 0 Å². The van der Waals surface area contributed by atoms with Gasteiger partial charge in [-0.2, -0.15) is 0 Å². The fourth-order valence-electron chi connectivity index (χ4n) is 4.78. The van der Waals surface area contributed by atoms with Gasteiger partial charge in [-0.1, -0.05) is 54.1 Å². The summed E-state index contributed by atoms with van der Waals surface area (Å²) in [7, 11) is 1.68. The molecular formula is C27H25ClN2O2. The van der Waals surface area contributed by atoms with Gasteiger partial charge >= 0.3 is 0 Å². The number of para-hydroxylation sites is 3. The molecule has 162 valence electrons. The maximum atomic E-state index is 13.4. The highest BCUT2D eigenvalue weighted by Gasteiger charge is 2.37. The Morgan fingerprint density at radius 3 is 2.56 bits per heavy atom. The second-order valence-corrected chi connectivity index (χ2v) is 8.65. The van der Waals surface area contributed by atoms with Gasteiger partial charge in [0.15, 0.2) is 5.78 Å². The highest BCUT2D eigenvalue weighted by Crippen LogP contribution is 2.47. The Balaban J connectivity index is 1.75. The fraction of sp³-hybridized carbons (Fsp3) is 0.222. The number of allylic oxidation sites excluding steroid dienone is 1. The van der Waals surface area contributed by atoms with Crippen molar-refractivity contribution in [2.45, 2.75) is 31.8 Å². The zero-order valence-corrected chi connectivity index (χ0v) is 18.7. The van der Waals surface area contributed by atoms with E-state index in [2.05, 4.69) is 28.4 Å². The summed E-state index contributed by atoms with van der Waals surface area (Å²) in [6.45, 7) is 0.628. The maximum Gasteiger partial charge on any atom is 0.163 e. The molecule has 0 fully saturated rings. The van der Waals surface area contributed by atoms with E-state index in [0.717, 1.165) is 52.4 Å². The largest absolute Gasteiger partial charge is 0.496 e. The number of Topliss-reactive ketones (excluding diaryl/α,β-unsaturated/α-hetero) is 1. The van der Waals surface area contributed by atoms with Crippen molar-refractivity contribution < 1.29 is 9.53 Å². The van der Waals surface area contributed by atoms with Crippen molar-refractivity contribution in [1.29, 1.82) is 0 Å². The molecule has 1 heterocycles. The normalized spacial score (nSPS) is 17.9. The molecule has 4 nitrogen and oxygen atoms in total. The van der Waals surface area contributed by atoms with Crippen LogP contribution in [0.4, 0.5) is 11.4 Å². The average Bonchev–Trinajstić information content (AvgIpc) is 2.95. The molecule has 0 saturated heterocycles. The van der Waals surface area contributed by atoms with Crippen LogP contribution in [0.15, 0.2) is 84.1 Å². The summed E-state index contributed by atoms with van der Waals surface area (Å²) < 4.78 is 5.76. The molecule has 1 N–H and O–H groups in total. The van der Waals surface area contributed by atoms with E-state index in [-0.39, 0.29) is 11.8 Å². The molecule has 0 unspecified atom stereocenters. The Hall–Kier alpha value is -3.24. The van der Waals surface area contributed by atoms with E-state index in [1.807, 2.05) is 54.6 Å². The van der Waals surface area contributed by atoms with E-state index >= 15 is 0 Å². The first-order valence-corrected chi connectivity index (χ1v) is 11.3. The Morgan fingerprint density at radius 2 is 1.75 bits per heavy atom. The highest BCUT2D eigenvalue weighted by atomic mass is 35.5. The summed E-state index contributed by atoms with van der Waals surface area (Å²) >= 11 is 6.14. The monoisotopic (exact) mass is 444 g/mol. The van der Waals surface area contributed by atoms with Crippen LogP contribution in [0.1, 0.15) is 36.4 Å². The minimum atomic E-state index is -0.263. The molecular weight excluding hydrogens is 420 g/mol. The van der Waals surface area contributed by atoms with Crippen molar-refractivity contribution in [3.8, 4) is 5.75 Å². The average molecular weight is 445 g/mol. The van der Waals surface area contributed by atoms with Gasteiger partial charge in [-0.25, -0.2) is 0 Å². The van der Waals surface area contributed by atoms with Crippen LogP contribution in [0.25, 0.3) is 0 Å². The number of nitrogens with one attached hydrogen (secondary N) is 1. The van der Waals surface area contributed by atoms with Crippen LogP contribution in [0.2, 0.25) is 5.02 Å². The van der Waals surface area contributed by atoms with E-state index in [1.54, 1.807) is 7.11 Å². The Morgan fingerprint density at radius 1 is 1.00 bits per heavy atom. The van der Waals surface area contributed by atoms with Crippen molar-refractivity contribution >= 4 is 28.8 Å². The van der Waals surface area contributed by atoms with E-state index in [9.17, 15) is 4.79 Å². The molecule has 0 radical (unpaired) electrons. The van der Waals surface area contributed by atoms with Crippen LogP contribution in [-0.4, -0.2) is 12.9 Å². The van der Waals surface area contributed by atoms with E-state index in [0.29, 0.717) is 18.0 Å². The summed E-state index contributed by atoms with van der Waals surface area (Å²) in [6.07, 6.45) is 2.29. The summed E-state index contributed by atoms with van der Waals surface area (Å²) in [6, 6.07) is 23.9. The molecule has 1 aliphatic heterocycles. The third-order valence-corrected chi connectivity index (χ3v) is 6.49. The zero-order chi connectivity index (χ0) is 22.1. The molecule has 1 aliphatic carbocycles. The first-order valence-electron chi connectivity index (χ1n) is 10.9. The Kier molecular flexibility index (Phi) is 5.62. The Labute approximate surface area is 193 Å². The number of fused-ring (bicyclic) bond motifs is 1. The molecule has 1 atom stereocenters. The predicted octanol–water partition coefficient (Wildman–Crippen LogP) is 6.53. The van der Waals surface area contributed by atoms with Gasteiger partial charge in [-0.15, -0.1) is 0 Å². The first-order chi connectivity index (χ1) is 15.7. The quantitative estimate of drug-likeness (QED) is 0.496. The van der Waals surface area contributed by atoms with Crippen LogP contribution in [0.3, 0.4) is 0 Å². The molecule has 0 bridgehead atoms. The number of nitrogens with zero attached hydrogens (tertiary/aromatic N) is 1. The molecule has 5 heteroatoms. The van der Waals surface area contributed by atoms with Crippen molar-refractivity contribution in [3.63, 3.8) is 0 Å². The number of hydrogen-bond donors (Lipinski definition) is 1. The Bertz CT molecular complexity index is 1190. The molecule has 32 heavy (non-hydrogen) atoms. The van der Waals surface area contributed by atoms with Crippen molar-refractivity contribution in [1.82, 2.24) is 0 Å². The molecule has 0 amide bonds. The number of ether oxygens (including phenoxy) is 1. The topological polar surface area (TPSA) is 41.6 Å². The number of ketones is 1. The van der Waals surface area contributed by atoms with Crippen LogP contribution >= 0.6 is 11.6 Å². The number of hydrogen-bond acceptors (Lipinski definition) is 4. The molecule has 0 aromatic heterocycles. The van der Waals surface area contributed by atoms with Crippen LogP contribution in [0.5, 0.6) is 5.75 Å². The number of carbonyl (C=O) groups is 1. The van der Waals surface area contributed by atoms with Crippen LogP contribution in [0, 0.1) is 0 Å². The van der Waals surface area contributed by atoms with Gasteiger partial charge in [0.25, 0.3) is 0 Å². The third kappa shape index (κ3) is 3.76. The van der Waals surface area contributed by atoms with Crippen molar-refractivity contribution in [2.75, 3.05) is 17.3 Å². The lowest BCUT2D eigenvalue weighted by Gasteiger charge is -2.36. The number of benzene rings is 3. The van der Waals surface area contributed by atoms with E-state index in [4.69, 9.17) is 16.3 Å². The van der Waals surface area contributed by atoms with Gasteiger partial charge < -0.3 is 15.0 Å². The smallest absolute Gasteiger partial charge is 0.163 e. The van der Waals surface area contributed by atoms with E-state index in [1.165, 1.54) is 0 Å². The lowest BCUT2D eigenvalue weighted by atomic mass is 9.85. The van der Waals surface area contributed by atoms with Gasteiger partial charge in [-0.3, -0.25) is 4.79 Å². The number of rotatable bonds is 4. The molecule has 0 saturated carbocycles. The number of halogens is 1. The van der Waals surface area contributed by atoms with Gasteiger partial charge in [0.1, 0.15) is 5.75 Å². The summed E-state index contributed by atoms with van der Waals surface area (Å²) in [5, 5.41) is 4.32. The molecule has 0 spiro atoms. The van der Waals surface area contributed by atoms with Crippen LogP contribution < -0.4 is 15.0 Å². The zero-order valence-electron chi connectivity index (χ0n) is 18.0. The van der Waals surface area contributed by atoms with Crippen LogP contribution in [-0.2, 0) is 11.3 Å². The highest BCUT2D eigenvalue weighted by molar-refractivity contribution is 6.30. The van der Waals surface area contributed by atoms with Crippen molar-refractivity contribution in [3.05, 3.63) is 100 Å². The van der Waals surface area contributed by atoms with Crippen molar-refractivity contribution in [2.24, 2.45) is 0 Å². The van der Waals surface area contributed by atoms with Gasteiger partial charge in [0, 0.05) is 34.8 Å². The molecule has 5 rings (SSSR count). The molecule has 2 aliphatic rings. The van der Waals surface area contributed by atoms with Gasteiger partial charge in [0.05, 0.1) is 24.5 Å². The lowest BCUT2D eigenvalue weighted by molar-refractivity contribution is -0.116. The number of methoxy groups -OCH3 is 1. The fourth-order valence-corrected chi connectivity index (χ4v) is 4.90. The van der Waals surface area contributed by atoms with E-state index < -0.39 is 0 Å². The number of carbonyl (C=O) groups excluding carboxylic acids is 1. The number of anilines is 2. The second-order valence-electron chi connectivity index (χ2n) is 8.21. The molecule has 3 aromatic rings. The second kappa shape index (κ2) is 8.71. The summed E-state index contributed by atoms with van der Waals surface area (Å²) in [5.41, 5.74) is 6.04. The third-order valence-electron chi connectivity index (χ3n) is 6.24. The standard InChI is InChI=1S/C27H25ClN2O2/c1-32-25-12-5-2-7-20(25)27-26-22(9-6-11-24(26)31)29-21-8-3-4-10-23(21)30(27)17-18-13-15-19(28)16-14-18/h2-5,7-8,10,12-16,27,29H,6,9,11,17H2,1H3/t27-/m0/s1. The minimum absolute atomic E-state index is 0.198. The lowest BCUT2D eigenvalue weighted by Crippen LogP contribution is -2.33. The maximum absolute atomic E-state index is 13.4. The first kappa shape index (κ1) is 20.7. The van der Waals surface area contributed by atoms with Gasteiger partial charge in [-0.05, 0) is 48.7 Å². The molecule has 3 aromatic carbocycles. The summed E-state index contributed by atoms with van der Waals surface area (Å²) in [4.78, 5) is 15.7.